The molecule has 0 unspecified atom stereocenters. The zero-order valence-corrected chi connectivity index (χ0v) is 10.8. The van der Waals surface area contributed by atoms with E-state index in [4.69, 9.17) is 0 Å². The van der Waals surface area contributed by atoms with Crippen molar-refractivity contribution in [1.82, 2.24) is 5.32 Å². The van der Waals surface area contributed by atoms with Gasteiger partial charge in [0, 0.05) is 30.7 Å². The van der Waals surface area contributed by atoms with Gasteiger partial charge in [-0.05, 0) is 38.5 Å². The molecule has 1 amide bonds. The Bertz CT molecular complexity index is 426. The molecule has 1 aliphatic heterocycles. The third kappa shape index (κ3) is 2.86. The van der Waals surface area contributed by atoms with E-state index in [9.17, 15) is 4.79 Å². The second kappa shape index (κ2) is 4.49. The number of nitrogens with one attached hydrogen (secondary N) is 1. The molecule has 0 aliphatic carbocycles. The highest BCUT2D eigenvalue weighted by Gasteiger charge is 2.28. The minimum absolute atomic E-state index is 0.0318. The zero-order chi connectivity index (χ0) is 12.5. The molecule has 0 spiro atoms. The van der Waals surface area contributed by atoms with Crippen molar-refractivity contribution in [2.75, 3.05) is 18.0 Å². The molecule has 0 aromatic heterocycles. The Balaban J connectivity index is 2.31. The van der Waals surface area contributed by atoms with Gasteiger partial charge < -0.3 is 10.2 Å². The summed E-state index contributed by atoms with van der Waals surface area (Å²) in [5.74, 6) is 0.202. The van der Waals surface area contributed by atoms with Crippen molar-refractivity contribution in [3.8, 4) is 0 Å². The van der Waals surface area contributed by atoms with Crippen LogP contribution in [-0.2, 0) is 4.79 Å². The number of amides is 1. The van der Waals surface area contributed by atoms with Crippen molar-refractivity contribution in [2.45, 2.75) is 32.7 Å². The van der Waals surface area contributed by atoms with Gasteiger partial charge in [0.1, 0.15) is 0 Å². The van der Waals surface area contributed by atoms with Crippen LogP contribution in [0, 0.1) is 6.92 Å². The van der Waals surface area contributed by atoms with Crippen LogP contribution in [0.5, 0.6) is 0 Å². The highest BCUT2D eigenvalue weighted by atomic mass is 16.2. The van der Waals surface area contributed by atoms with Gasteiger partial charge in [-0.15, -0.1) is 0 Å². The number of hydrogen-bond acceptors (Lipinski definition) is 2. The van der Waals surface area contributed by atoms with E-state index in [0.29, 0.717) is 6.42 Å². The van der Waals surface area contributed by atoms with Gasteiger partial charge in [-0.1, -0.05) is 12.1 Å². The predicted molar refractivity (Wildman–Crippen MR) is 70.2 cm³/mol. The van der Waals surface area contributed by atoms with Gasteiger partial charge in [0.15, 0.2) is 0 Å². The van der Waals surface area contributed by atoms with Crippen LogP contribution in [0.3, 0.4) is 0 Å². The first-order valence-electron chi connectivity index (χ1n) is 6.10. The van der Waals surface area contributed by atoms with E-state index in [2.05, 4.69) is 38.2 Å². The molecule has 1 heterocycles. The van der Waals surface area contributed by atoms with E-state index in [1.807, 2.05) is 17.0 Å². The summed E-state index contributed by atoms with van der Waals surface area (Å²) in [5.41, 5.74) is 2.16. The molecule has 92 valence electrons. The van der Waals surface area contributed by atoms with Gasteiger partial charge in [0.25, 0.3) is 0 Å². The van der Waals surface area contributed by atoms with Crippen molar-refractivity contribution in [2.24, 2.45) is 0 Å². The molecule has 0 bridgehead atoms. The van der Waals surface area contributed by atoms with E-state index >= 15 is 0 Å². The predicted octanol–water partition coefficient (Wildman–Crippen LogP) is 2.10. The third-order valence-electron chi connectivity index (χ3n) is 3.11. The van der Waals surface area contributed by atoms with Gasteiger partial charge in [-0.3, -0.25) is 4.79 Å². The molecule has 1 fully saturated rings. The second-order valence-electron chi connectivity index (χ2n) is 5.38. The molecule has 0 atom stereocenters. The summed E-state index contributed by atoms with van der Waals surface area (Å²) >= 11 is 0. The maximum Gasteiger partial charge on any atom is 0.228 e. The largest absolute Gasteiger partial charge is 0.311 e. The molecule has 1 saturated heterocycles. The molecule has 3 nitrogen and oxygen atoms in total. The van der Waals surface area contributed by atoms with Crippen LogP contribution in [-0.4, -0.2) is 24.5 Å². The van der Waals surface area contributed by atoms with Crippen molar-refractivity contribution < 1.29 is 4.79 Å². The number of carbonyl (C=O) groups excluding carboxylic acids is 1. The Morgan fingerprint density at radius 3 is 2.82 bits per heavy atom. The third-order valence-corrected chi connectivity index (χ3v) is 3.11. The first-order valence-corrected chi connectivity index (χ1v) is 6.10. The minimum Gasteiger partial charge on any atom is -0.311 e. The van der Waals surface area contributed by atoms with Crippen molar-refractivity contribution >= 4 is 11.6 Å². The molecule has 0 saturated carbocycles. The zero-order valence-electron chi connectivity index (χ0n) is 10.8. The van der Waals surface area contributed by atoms with Crippen LogP contribution in [0.1, 0.15) is 25.8 Å². The molecule has 3 heteroatoms. The lowest BCUT2D eigenvalue weighted by molar-refractivity contribution is -0.118. The smallest absolute Gasteiger partial charge is 0.228 e. The maximum atomic E-state index is 12.1. The van der Waals surface area contributed by atoms with Gasteiger partial charge in [-0.25, -0.2) is 0 Å². The lowest BCUT2D eigenvalue weighted by atomic mass is 10.1. The summed E-state index contributed by atoms with van der Waals surface area (Å²) in [7, 11) is 0. The van der Waals surface area contributed by atoms with Crippen molar-refractivity contribution in [3.63, 3.8) is 0 Å². The van der Waals surface area contributed by atoms with Crippen LogP contribution in [0.2, 0.25) is 0 Å². The molecule has 2 rings (SSSR count). The summed E-state index contributed by atoms with van der Waals surface area (Å²) in [6.45, 7) is 7.79. The molecule has 17 heavy (non-hydrogen) atoms. The summed E-state index contributed by atoms with van der Waals surface area (Å²) in [6.07, 6.45) is 0.567. The Hall–Kier alpha value is -1.35. The first-order chi connectivity index (χ1) is 7.98. The summed E-state index contributed by atoms with van der Waals surface area (Å²) in [4.78, 5) is 14.0. The fourth-order valence-electron chi connectivity index (χ4n) is 2.21. The van der Waals surface area contributed by atoms with Crippen LogP contribution >= 0.6 is 0 Å². The average molecular weight is 232 g/mol. The second-order valence-corrected chi connectivity index (χ2v) is 5.38. The lowest BCUT2D eigenvalue weighted by Crippen LogP contribution is -2.47. The Labute approximate surface area is 103 Å². The fraction of sp³-hybridized carbons (Fsp3) is 0.500. The molecule has 0 radical (unpaired) electrons. The van der Waals surface area contributed by atoms with Crippen LogP contribution in [0.4, 0.5) is 5.69 Å². The van der Waals surface area contributed by atoms with E-state index in [1.165, 1.54) is 5.56 Å². The molecule has 1 aliphatic rings. The topological polar surface area (TPSA) is 32.3 Å². The van der Waals surface area contributed by atoms with E-state index in [0.717, 1.165) is 18.8 Å². The minimum atomic E-state index is -0.0318. The molecule has 1 aromatic rings. The van der Waals surface area contributed by atoms with E-state index in [1.54, 1.807) is 0 Å². The summed E-state index contributed by atoms with van der Waals surface area (Å²) in [6, 6.07) is 8.13. The van der Waals surface area contributed by atoms with Gasteiger partial charge in [0.2, 0.25) is 5.91 Å². The highest BCUT2D eigenvalue weighted by Crippen LogP contribution is 2.21. The Morgan fingerprint density at radius 1 is 1.35 bits per heavy atom. The molecular weight excluding hydrogens is 212 g/mol. The van der Waals surface area contributed by atoms with Crippen LogP contribution in [0.15, 0.2) is 24.3 Å². The molecule has 1 N–H and O–H groups in total. The number of hydrogen-bond donors (Lipinski definition) is 1. The first kappa shape index (κ1) is 12.1. The van der Waals surface area contributed by atoms with Crippen molar-refractivity contribution in [1.29, 1.82) is 0 Å². The molecule has 1 aromatic carbocycles. The molecular formula is C14H20N2O. The number of anilines is 1. The quantitative estimate of drug-likeness (QED) is 0.804. The van der Waals surface area contributed by atoms with E-state index in [-0.39, 0.29) is 11.4 Å². The fourth-order valence-corrected chi connectivity index (χ4v) is 2.21. The number of nitrogens with zero attached hydrogens (tertiary/aromatic N) is 1. The lowest BCUT2D eigenvalue weighted by Gasteiger charge is -2.30. The van der Waals surface area contributed by atoms with Crippen LogP contribution < -0.4 is 10.2 Å². The Morgan fingerprint density at radius 2 is 2.12 bits per heavy atom. The number of aryl methyl sites for hydroxylation is 1. The van der Waals surface area contributed by atoms with Crippen molar-refractivity contribution in [3.05, 3.63) is 29.8 Å². The van der Waals surface area contributed by atoms with Gasteiger partial charge >= 0.3 is 0 Å². The standard InChI is InChI=1S/C14H20N2O/c1-11-5-4-6-12(9-11)16-10-14(2,3)15-8-7-13(16)17/h4-6,9,15H,7-8,10H2,1-3H3. The monoisotopic (exact) mass is 232 g/mol. The van der Waals surface area contributed by atoms with E-state index < -0.39 is 0 Å². The van der Waals surface area contributed by atoms with Gasteiger partial charge in [0.05, 0.1) is 0 Å². The highest BCUT2D eigenvalue weighted by molar-refractivity contribution is 5.94. The number of rotatable bonds is 1. The number of benzene rings is 1. The normalized spacial score (nSPS) is 20.2. The average Bonchev–Trinajstić information content (AvgIpc) is 2.38. The summed E-state index contributed by atoms with van der Waals surface area (Å²) < 4.78 is 0. The van der Waals surface area contributed by atoms with Crippen LogP contribution in [0.25, 0.3) is 0 Å². The Kier molecular flexibility index (Phi) is 3.20. The summed E-state index contributed by atoms with van der Waals surface area (Å²) in [5, 5.41) is 3.40. The van der Waals surface area contributed by atoms with Gasteiger partial charge in [-0.2, -0.15) is 0 Å². The number of carbonyl (C=O) groups is 1. The SMILES string of the molecule is Cc1cccc(N2CC(C)(C)NCCC2=O)c1. The maximum absolute atomic E-state index is 12.1.